The van der Waals surface area contributed by atoms with E-state index in [1.165, 1.54) is 0 Å². The maximum absolute atomic E-state index is 12.0. The molecule has 0 atom stereocenters. The lowest BCUT2D eigenvalue weighted by Crippen LogP contribution is -2.49. The molecule has 1 rings (SSSR count). The van der Waals surface area contributed by atoms with E-state index in [1.54, 1.807) is 12.9 Å². The van der Waals surface area contributed by atoms with Gasteiger partial charge in [-0.05, 0) is 46.1 Å². The fourth-order valence-corrected chi connectivity index (χ4v) is 2.38. The molecule has 0 amide bonds. The Morgan fingerprint density at radius 2 is 2.18 bits per heavy atom. The molecule has 1 saturated heterocycles. The molecule has 96 valence electrons. The Kier molecular flexibility index (Phi) is 5.21. The van der Waals surface area contributed by atoms with Crippen molar-refractivity contribution < 1.29 is 14.6 Å². The van der Waals surface area contributed by atoms with Crippen molar-refractivity contribution >= 4 is 13.0 Å². The Morgan fingerprint density at radius 3 is 2.59 bits per heavy atom. The van der Waals surface area contributed by atoms with E-state index >= 15 is 0 Å². The van der Waals surface area contributed by atoms with Gasteiger partial charge in [0, 0.05) is 0 Å². The van der Waals surface area contributed by atoms with Gasteiger partial charge >= 0.3 is 13.0 Å². The van der Waals surface area contributed by atoms with Crippen molar-refractivity contribution in [2.24, 2.45) is 5.41 Å². The smallest absolute Gasteiger partial charge is 0.376 e. The van der Waals surface area contributed by atoms with Crippen molar-refractivity contribution in [2.75, 3.05) is 19.7 Å². The van der Waals surface area contributed by atoms with E-state index in [9.17, 15) is 9.82 Å². The third-order valence-corrected chi connectivity index (χ3v) is 3.53. The van der Waals surface area contributed by atoms with Crippen LogP contribution < -0.4 is 0 Å². The Morgan fingerprint density at radius 1 is 1.59 bits per heavy atom. The molecule has 0 unspecified atom stereocenters. The Balaban J connectivity index is 2.69. The predicted molar refractivity (Wildman–Crippen MR) is 68.5 cm³/mol. The quantitative estimate of drug-likeness (QED) is 0.446. The summed E-state index contributed by atoms with van der Waals surface area (Å²) in [5.74, 6) is -0.120. The molecule has 0 aromatic heterocycles. The number of piperidine rings is 1. The van der Waals surface area contributed by atoms with Gasteiger partial charge in [0.1, 0.15) is 0 Å². The van der Waals surface area contributed by atoms with Crippen molar-refractivity contribution in [3.63, 3.8) is 0 Å². The highest BCUT2D eigenvalue weighted by atomic mass is 16.5. The van der Waals surface area contributed by atoms with Crippen LogP contribution in [0, 0.1) is 5.41 Å². The number of rotatable bonds is 5. The van der Waals surface area contributed by atoms with Gasteiger partial charge in [0.05, 0.1) is 12.0 Å². The lowest BCUT2D eigenvalue weighted by Gasteiger charge is -2.39. The van der Waals surface area contributed by atoms with Crippen molar-refractivity contribution in [1.29, 1.82) is 0 Å². The molecule has 1 aliphatic heterocycles. The second-order valence-corrected chi connectivity index (χ2v) is 4.66. The number of ether oxygens (including phenoxy) is 1. The van der Waals surface area contributed by atoms with Gasteiger partial charge in [-0.15, -0.1) is 6.58 Å². The maximum Gasteiger partial charge on any atom is 0.376 e. The van der Waals surface area contributed by atoms with E-state index in [-0.39, 0.29) is 5.97 Å². The van der Waals surface area contributed by atoms with Crippen molar-refractivity contribution in [3.8, 4) is 0 Å². The third-order valence-electron chi connectivity index (χ3n) is 3.53. The van der Waals surface area contributed by atoms with E-state index < -0.39 is 12.5 Å². The average Bonchev–Trinajstić information content (AvgIpc) is 2.30. The minimum Gasteiger partial charge on any atom is -0.466 e. The molecular weight excluding hydrogens is 217 g/mol. The first-order valence-electron chi connectivity index (χ1n) is 6.26. The van der Waals surface area contributed by atoms with Gasteiger partial charge < -0.3 is 14.6 Å². The lowest BCUT2D eigenvalue weighted by atomic mass is 9.72. The van der Waals surface area contributed by atoms with Gasteiger partial charge in [-0.1, -0.05) is 6.08 Å². The largest absolute Gasteiger partial charge is 0.466 e. The van der Waals surface area contributed by atoms with Gasteiger partial charge in [-0.2, -0.15) is 0 Å². The zero-order chi connectivity index (χ0) is 12.9. The summed E-state index contributed by atoms with van der Waals surface area (Å²) in [5.41, 5.74) is -0.427. The third kappa shape index (κ3) is 3.33. The number of hydrogen-bond acceptors (Lipinski definition) is 4. The first kappa shape index (κ1) is 14.3. The molecule has 4 nitrogen and oxygen atoms in total. The Hall–Kier alpha value is -0.805. The van der Waals surface area contributed by atoms with Crippen LogP contribution in [-0.2, 0) is 9.53 Å². The van der Waals surface area contributed by atoms with Gasteiger partial charge in [0.15, 0.2) is 0 Å². The zero-order valence-corrected chi connectivity index (χ0v) is 10.8. The number of carbonyl (C=O) groups excluding carboxylic acids is 1. The Labute approximate surface area is 104 Å². The van der Waals surface area contributed by atoms with Crippen LogP contribution in [0.15, 0.2) is 12.7 Å². The molecule has 0 saturated carbocycles. The Bertz CT molecular complexity index is 273. The average molecular weight is 239 g/mol. The summed E-state index contributed by atoms with van der Waals surface area (Å²) in [6.45, 7) is 9.17. The molecule has 0 aromatic carbocycles. The van der Waals surface area contributed by atoms with Crippen molar-refractivity contribution in [1.82, 2.24) is 4.81 Å². The predicted octanol–water partition coefficient (Wildman–Crippen LogP) is 1.32. The lowest BCUT2D eigenvalue weighted by molar-refractivity contribution is -0.157. The molecular formula is C12H22BNO3. The molecule has 1 N–H and O–H groups in total. The number of allylic oxidation sites excluding steroid dienone is 1. The van der Waals surface area contributed by atoms with Crippen LogP contribution in [0.2, 0.25) is 6.82 Å². The van der Waals surface area contributed by atoms with Crippen LogP contribution in [0.1, 0.15) is 26.2 Å². The standard InChI is InChI=1S/C12H22BNO3/c1-4-6-12(11(15)17-5-2)7-9-14(10-8-12)13(3)16/h4,16H,1,5-10H2,2-3H3. The zero-order valence-electron chi connectivity index (χ0n) is 10.8. The number of nitrogens with zero attached hydrogens (tertiary/aromatic N) is 1. The molecule has 1 heterocycles. The summed E-state index contributed by atoms with van der Waals surface area (Å²) in [7, 11) is -0.445. The summed E-state index contributed by atoms with van der Waals surface area (Å²) < 4.78 is 5.17. The first-order valence-corrected chi connectivity index (χ1v) is 6.26. The van der Waals surface area contributed by atoms with Crippen LogP contribution in [-0.4, -0.2) is 42.6 Å². The minimum absolute atomic E-state index is 0.120. The summed E-state index contributed by atoms with van der Waals surface area (Å²) in [5, 5.41) is 9.51. The number of hydrogen-bond donors (Lipinski definition) is 1. The molecule has 1 fully saturated rings. The molecule has 0 aromatic rings. The second kappa shape index (κ2) is 6.22. The van der Waals surface area contributed by atoms with Gasteiger partial charge in [0.25, 0.3) is 0 Å². The van der Waals surface area contributed by atoms with Crippen LogP contribution in [0.3, 0.4) is 0 Å². The molecule has 0 spiro atoms. The SMILES string of the molecule is C=CCC1(C(=O)OCC)CCN(B(C)O)CC1. The molecule has 0 bridgehead atoms. The van der Waals surface area contributed by atoms with Gasteiger partial charge in [0.2, 0.25) is 0 Å². The van der Waals surface area contributed by atoms with Crippen LogP contribution in [0.4, 0.5) is 0 Å². The topological polar surface area (TPSA) is 49.8 Å². The highest BCUT2D eigenvalue weighted by molar-refractivity contribution is 6.45. The number of esters is 1. The molecule has 17 heavy (non-hydrogen) atoms. The highest BCUT2D eigenvalue weighted by Crippen LogP contribution is 2.36. The number of carbonyl (C=O) groups is 1. The summed E-state index contributed by atoms with van der Waals surface area (Å²) in [6.07, 6.45) is 3.89. The van der Waals surface area contributed by atoms with Gasteiger partial charge in [-0.25, -0.2) is 0 Å². The first-order chi connectivity index (χ1) is 8.05. The van der Waals surface area contributed by atoms with Crippen molar-refractivity contribution in [2.45, 2.75) is 33.0 Å². The molecule has 0 aliphatic carbocycles. The minimum atomic E-state index is -0.445. The van der Waals surface area contributed by atoms with E-state index in [0.717, 1.165) is 25.9 Å². The van der Waals surface area contributed by atoms with Gasteiger partial charge in [-0.3, -0.25) is 4.79 Å². The summed E-state index contributed by atoms with van der Waals surface area (Å²) in [6, 6.07) is 0. The fourth-order valence-electron chi connectivity index (χ4n) is 2.38. The second-order valence-electron chi connectivity index (χ2n) is 4.66. The molecule has 0 radical (unpaired) electrons. The summed E-state index contributed by atoms with van der Waals surface area (Å²) in [4.78, 5) is 14.0. The van der Waals surface area contributed by atoms with E-state index in [4.69, 9.17) is 4.74 Å². The van der Waals surface area contributed by atoms with E-state index in [2.05, 4.69) is 6.58 Å². The normalized spacial score (nSPS) is 19.7. The maximum atomic E-state index is 12.0. The van der Waals surface area contributed by atoms with Crippen molar-refractivity contribution in [3.05, 3.63) is 12.7 Å². The fraction of sp³-hybridized carbons (Fsp3) is 0.750. The van der Waals surface area contributed by atoms with E-state index in [0.29, 0.717) is 13.0 Å². The molecule has 5 heteroatoms. The molecule has 1 aliphatic rings. The monoisotopic (exact) mass is 239 g/mol. The van der Waals surface area contributed by atoms with Crippen LogP contribution in [0.5, 0.6) is 0 Å². The van der Waals surface area contributed by atoms with Crippen LogP contribution in [0.25, 0.3) is 0 Å². The highest BCUT2D eigenvalue weighted by Gasteiger charge is 2.42. The van der Waals surface area contributed by atoms with E-state index in [1.807, 2.05) is 11.7 Å². The van der Waals surface area contributed by atoms with Crippen LogP contribution >= 0.6 is 0 Å². The summed E-state index contributed by atoms with van der Waals surface area (Å²) >= 11 is 0.